The van der Waals surface area contributed by atoms with Crippen LogP contribution in [0.4, 0.5) is 17.1 Å². The number of hydrazone groups is 1. The quantitative estimate of drug-likeness (QED) is 0.578. The molecule has 0 bridgehead atoms. The molecule has 1 amide bonds. The van der Waals surface area contributed by atoms with E-state index in [0.717, 1.165) is 6.07 Å². The summed E-state index contributed by atoms with van der Waals surface area (Å²) in [5, 5.41) is 44.9. The van der Waals surface area contributed by atoms with E-state index in [1.54, 1.807) is 0 Å². The highest BCUT2D eigenvalue weighted by Gasteiger charge is 2.16. The Morgan fingerprint density at radius 2 is 2.10 bits per heavy atom. The first kappa shape index (κ1) is 14.0. The van der Waals surface area contributed by atoms with Crippen LogP contribution < -0.4 is 21.2 Å². The van der Waals surface area contributed by atoms with E-state index in [1.807, 2.05) is 0 Å². The van der Waals surface area contributed by atoms with Crippen LogP contribution in [0.1, 0.15) is 6.42 Å². The Morgan fingerprint density at radius 1 is 1.35 bits per heavy atom. The third kappa shape index (κ3) is 3.13. The second kappa shape index (κ2) is 5.71. The van der Waals surface area contributed by atoms with Crippen molar-refractivity contribution in [3.05, 3.63) is 28.6 Å². The molecule has 20 heavy (non-hydrogen) atoms. The summed E-state index contributed by atoms with van der Waals surface area (Å²) in [6.07, 6.45) is 0.150. The van der Waals surface area contributed by atoms with Crippen molar-refractivity contribution in [3.8, 4) is 0 Å². The summed E-state index contributed by atoms with van der Waals surface area (Å²) in [7, 11) is 0. The van der Waals surface area contributed by atoms with Gasteiger partial charge in [0, 0.05) is 5.69 Å². The van der Waals surface area contributed by atoms with Crippen LogP contribution in [0.5, 0.6) is 0 Å². The fourth-order valence-corrected chi connectivity index (χ4v) is 1.62. The number of hydrogen-bond acceptors (Lipinski definition) is 9. The smallest absolute Gasteiger partial charge is 0.226 e. The molecular weight excluding hydrogens is 270 g/mol. The minimum Gasteiger partial charge on any atom is -0.769 e. The van der Waals surface area contributed by atoms with E-state index < -0.39 is 5.23 Å². The van der Waals surface area contributed by atoms with Crippen molar-refractivity contribution < 1.29 is 15.2 Å². The minimum atomic E-state index is -0.664. The summed E-state index contributed by atoms with van der Waals surface area (Å²) in [5.74, 6) is -0.152. The lowest BCUT2D eigenvalue weighted by Gasteiger charge is -2.37. The van der Waals surface area contributed by atoms with Gasteiger partial charge in [-0.05, 0) is 18.2 Å². The molecule has 1 heterocycles. The average molecular weight is 281 g/mol. The summed E-state index contributed by atoms with van der Waals surface area (Å²) in [6.45, 7) is 0.302. The zero-order chi connectivity index (χ0) is 14.7. The molecule has 10 heteroatoms. The second-order valence-corrected chi connectivity index (χ2v) is 3.99. The Kier molecular flexibility index (Phi) is 4.00. The van der Waals surface area contributed by atoms with Crippen molar-refractivity contribution in [1.29, 1.82) is 0 Å². The monoisotopic (exact) mass is 281 g/mol. The van der Waals surface area contributed by atoms with Crippen LogP contribution in [-0.4, -0.2) is 28.6 Å². The van der Waals surface area contributed by atoms with Crippen LogP contribution in [0.3, 0.4) is 0 Å². The minimum absolute atomic E-state index is 0.146. The third-order valence-electron chi connectivity index (χ3n) is 2.60. The van der Waals surface area contributed by atoms with Crippen molar-refractivity contribution in [3.63, 3.8) is 0 Å². The Hall–Kier alpha value is -2.40. The molecule has 1 aliphatic rings. The highest BCUT2D eigenvalue weighted by Crippen LogP contribution is 2.29. The topological polar surface area (TPSA) is 147 Å². The molecule has 0 spiro atoms. The number of carbonyl (C=O) groups is 1. The van der Waals surface area contributed by atoms with Gasteiger partial charge in [0.05, 0.1) is 24.4 Å². The summed E-state index contributed by atoms with van der Waals surface area (Å²) >= 11 is 0. The number of benzene rings is 1. The highest BCUT2D eigenvalue weighted by molar-refractivity contribution is 6.08. The van der Waals surface area contributed by atoms with Gasteiger partial charge in [-0.15, -0.1) is 5.23 Å². The van der Waals surface area contributed by atoms with Crippen molar-refractivity contribution in [2.75, 3.05) is 22.4 Å². The largest absolute Gasteiger partial charge is 0.769 e. The molecule has 1 fully saturated rings. The zero-order valence-corrected chi connectivity index (χ0v) is 10.1. The third-order valence-corrected chi connectivity index (χ3v) is 2.60. The molecule has 4 N–H and O–H groups in total. The van der Waals surface area contributed by atoms with E-state index in [2.05, 4.69) is 15.8 Å². The Morgan fingerprint density at radius 3 is 2.65 bits per heavy atom. The average Bonchev–Trinajstić information content (AvgIpc) is 2.81. The maximum Gasteiger partial charge on any atom is 0.226 e. The molecule has 0 unspecified atom stereocenters. The predicted molar refractivity (Wildman–Crippen MR) is 70.4 cm³/mol. The van der Waals surface area contributed by atoms with Gasteiger partial charge in [0.25, 0.3) is 0 Å². The Bertz CT molecular complexity index is 545. The number of anilines is 3. The van der Waals surface area contributed by atoms with E-state index in [-0.39, 0.29) is 34.6 Å². The van der Waals surface area contributed by atoms with Gasteiger partial charge in [-0.25, -0.2) is 0 Å². The first-order valence-corrected chi connectivity index (χ1v) is 5.52. The fourth-order valence-electron chi connectivity index (χ4n) is 1.62. The molecule has 10 nitrogen and oxygen atoms in total. The van der Waals surface area contributed by atoms with Crippen LogP contribution in [0.2, 0.25) is 0 Å². The van der Waals surface area contributed by atoms with Gasteiger partial charge < -0.3 is 21.0 Å². The predicted octanol–water partition coefficient (Wildman–Crippen LogP) is 0.361. The highest BCUT2D eigenvalue weighted by atomic mass is 16.8. The Labute approximate surface area is 113 Å². The van der Waals surface area contributed by atoms with Gasteiger partial charge in [0.15, 0.2) is 0 Å². The SMILES string of the molecule is O=C1CC(=NNc2ccc(N([O-])[O-])cc2N(O)O)CN1. The van der Waals surface area contributed by atoms with Gasteiger partial charge in [-0.2, -0.15) is 5.10 Å². The number of rotatable bonds is 4. The van der Waals surface area contributed by atoms with Crippen LogP contribution in [0, 0.1) is 10.4 Å². The molecule has 1 aromatic carbocycles. The summed E-state index contributed by atoms with van der Waals surface area (Å²) < 4.78 is 0. The molecule has 1 aliphatic heterocycles. The number of amides is 1. The van der Waals surface area contributed by atoms with Crippen LogP contribution in [0.15, 0.2) is 23.3 Å². The molecule has 108 valence electrons. The van der Waals surface area contributed by atoms with Gasteiger partial charge in [0.2, 0.25) is 5.91 Å². The molecule has 0 aromatic heterocycles. The van der Waals surface area contributed by atoms with Gasteiger partial charge in [-0.3, -0.25) is 20.6 Å². The number of nitrogens with zero attached hydrogens (tertiary/aromatic N) is 3. The van der Waals surface area contributed by atoms with Crippen LogP contribution in [-0.2, 0) is 4.79 Å². The zero-order valence-electron chi connectivity index (χ0n) is 10.1. The molecule has 1 saturated heterocycles. The molecule has 0 radical (unpaired) electrons. The fraction of sp³-hybridized carbons (Fsp3) is 0.200. The molecule has 0 aliphatic carbocycles. The Balaban J connectivity index is 2.20. The maximum absolute atomic E-state index is 11.0. The van der Waals surface area contributed by atoms with Crippen molar-refractivity contribution >= 4 is 28.7 Å². The van der Waals surface area contributed by atoms with Crippen LogP contribution in [0.25, 0.3) is 0 Å². The molecule has 2 rings (SSSR count). The molecule has 0 saturated carbocycles. The summed E-state index contributed by atoms with van der Waals surface area (Å²) in [6, 6.07) is 3.44. The lowest BCUT2D eigenvalue weighted by atomic mass is 10.2. The van der Waals surface area contributed by atoms with E-state index in [9.17, 15) is 15.2 Å². The molecular formula is C10H11N5O5-2. The van der Waals surface area contributed by atoms with E-state index in [4.69, 9.17) is 10.4 Å². The second-order valence-electron chi connectivity index (χ2n) is 3.99. The first-order valence-electron chi connectivity index (χ1n) is 5.52. The maximum atomic E-state index is 11.0. The van der Waals surface area contributed by atoms with Gasteiger partial charge in [-0.1, -0.05) is 0 Å². The standard InChI is InChI=1S/C10H11N5O5/c16-10-3-6(5-11-10)12-13-8-2-1-7(14(17)18)4-9(8)15(19)20/h1-2,4,13,19-20H,3,5H2,(H,11,16)/q-2. The summed E-state index contributed by atoms with van der Waals surface area (Å²) in [5.41, 5.74) is 2.69. The van der Waals surface area contributed by atoms with Crippen molar-refractivity contribution in [2.45, 2.75) is 6.42 Å². The van der Waals surface area contributed by atoms with E-state index >= 15 is 0 Å². The van der Waals surface area contributed by atoms with Crippen molar-refractivity contribution in [2.24, 2.45) is 5.10 Å². The summed E-state index contributed by atoms with van der Waals surface area (Å²) in [4.78, 5) is 11.0. The lowest BCUT2D eigenvalue weighted by molar-refractivity contribution is -0.118. The molecule has 1 aromatic rings. The van der Waals surface area contributed by atoms with Crippen LogP contribution >= 0.6 is 0 Å². The first-order chi connectivity index (χ1) is 9.47. The number of nitrogens with one attached hydrogen (secondary N) is 2. The van der Waals surface area contributed by atoms with Gasteiger partial charge >= 0.3 is 0 Å². The number of carbonyl (C=O) groups excluding carboxylic acids is 1. The van der Waals surface area contributed by atoms with Crippen molar-refractivity contribution in [1.82, 2.24) is 5.32 Å². The van der Waals surface area contributed by atoms with E-state index in [0.29, 0.717) is 12.3 Å². The normalized spacial score (nSPS) is 16.2. The van der Waals surface area contributed by atoms with Gasteiger partial charge in [0.1, 0.15) is 5.69 Å². The van der Waals surface area contributed by atoms with E-state index in [1.165, 1.54) is 12.1 Å². The number of hydrogen-bond donors (Lipinski definition) is 4. The molecule has 0 atom stereocenters. The lowest BCUT2D eigenvalue weighted by Crippen LogP contribution is -2.15.